The van der Waals surface area contributed by atoms with Crippen molar-refractivity contribution < 1.29 is 4.92 Å². The number of aromatic nitrogens is 1. The van der Waals surface area contributed by atoms with Crippen molar-refractivity contribution in [2.24, 2.45) is 4.99 Å². The third-order valence-electron chi connectivity index (χ3n) is 2.41. The molecule has 0 saturated carbocycles. The number of nitro benzene ring substituents is 1. The second kappa shape index (κ2) is 5.18. The van der Waals surface area contributed by atoms with E-state index in [-0.39, 0.29) is 5.69 Å². The lowest BCUT2D eigenvalue weighted by molar-refractivity contribution is -0.384. The van der Waals surface area contributed by atoms with Gasteiger partial charge in [0.25, 0.3) is 5.69 Å². The summed E-state index contributed by atoms with van der Waals surface area (Å²) < 4.78 is 0. The van der Waals surface area contributed by atoms with Gasteiger partial charge < -0.3 is 0 Å². The summed E-state index contributed by atoms with van der Waals surface area (Å²) in [5, 5.41) is 10.6. The number of nitro groups is 1. The van der Waals surface area contributed by atoms with Crippen molar-refractivity contribution in [2.45, 2.75) is 6.92 Å². The van der Waals surface area contributed by atoms with E-state index >= 15 is 0 Å². The molecule has 1 heterocycles. The second-order valence-electron chi connectivity index (χ2n) is 3.74. The summed E-state index contributed by atoms with van der Waals surface area (Å²) in [5.74, 6) is 0. The molecule has 0 aliphatic rings. The quantitative estimate of drug-likeness (QED) is 0.471. The van der Waals surface area contributed by atoms with Crippen LogP contribution in [0.3, 0.4) is 0 Å². The molecule has 18 heavy (non-hydrogen) atoms. The van der Waals surface area contributed by atoms with Crippen molar-refractivity contribution in [1.82, 2.24) is 4.98 Å². The molecule has 2 aromatic rings. The van der Waals surface area contributed by atoms with Gasteiger partial charge in [-0.05, 0) is 30.7 Å². The van der Waals surface area contributed by atoms with E-state index in [9.17, 15) is 10.1 Å². The van der Waals surface area contributed by atoms with Crippen molar-refractivity contribution in [3.63, 3.8) is 0 Å². The second-order valence-corrected chi connectivity index (χ2v) is 3.74. The van der Waals surface area contributed by atoms with Gasteiger partial charge in [-0.3, -0.25) is 20.1 Å². The molecule has 0 aliphatic heterocycles. The Labute approximate surface area is 104 Å². The molecule has 0 bridgehead atoms. The summed E-state index contributed by atoms with van der Waals surface area (Å²) in [4.78, 5) is 18.6. The summed E-state index contributed by atoms with van der Waals surface area (Å²) in [6.07, 6.45) is 3.32. The molecule has 0 radical (unpaired) electrons. The lowest BCUT2D eigenvalue weighted by Crippen LogP contribution is -1.89. The highest BCUT2D eigenvalue weighted by Crippen LogP contribution is 2.23. The predicted octanol–water partition coefficient (Wildman–Crippen LogP) is 3.05. The molecule has 5 heteroatoms. The number of hydrogen-bond acceptors (Lipinski definition) is 4. The summed E-state index contributed by atoms with van der Waals surface area (Å²) in [5.41, 5.74) is 2.28. The number of rotatable bonds is 3. The molecule has 2 rings (SSSR count). The number of benzene rings is 1. The molecule has 0 amide bonds. The van der Waals surface area contributed by atoms with E-state index in [0.717, 1.165) is 11.3 Å². The number of hydrogen-bond donors (Lipinski definition) is 0. The first kappa shape index (κ1) is 11.9. The van der Waals surface area contributed by atoms with E-state index in [0.29, 0.717) is 5.69 Å². The van der Waals surface area contributed by atoms with Gasteiger partial charge in [-0.1, -0.05) is 6.07 Å². The minimum Gasteiger partial charge on any atom is -0.258 e. The molecule has 0 N–H and O–H groups in total. The number of non-ortho nitro benzene ring substituents is 1. The average Bonchev–Trinajstić information content (AvgIpc) is 2.38. The first-order valence-electron chi connectivity index (χ1n) is 5.37. The van der Waals surface area contributed by atoms with Crippen LogP contribution >= 0.6 is 0 Å². The fraction of sp³-hybridized carbons (Fsp3) is 0.0769. The number of aliphatic imine (C=N–C) groups is 1. The maximum atomic E-state index is 10.6. The molecule has 0 fully saturated rings. The lowest BCUT2D eigenvalue weighted by atomic mass is 10.2. The molecular formula is C13H11N3O2. The largest absolute Gasteiger partial charge is 0.269 e. The Morgan fingerprint density at radius 3 is 2.78 bits per heavy atom. The maximum absolute atomic E-state index is 10.6. The van der Waals surface area contributed by atoms with Gasteiger partial charge in [0.15, 0.2) is 0 Å². The zero-order valence-corrected chi connectivity index (χ0v) is 9.78. The van der Waals surface area contributed by atoms with Crippen LogP contribution in [0.15, 0.2) is 47.6 Å². The van der Waals surface area contributed by atoms with E-state index in [1.807, 2.05) is 18.2 Å². The van der Waals surface area contributed by atoms with E-state index in [1.54, 1.807) is 25.4 Å². The summed E-state index contributed by atoms with van der Waals surface area (Å²) >= 11 is 0. The highest BCUT2D eigenvalue weighted by molar-refractivity contribution is 5.80. The molecule has 5 nitrogen and oxygen atoms in total. The zero-order chi connectivity index (χ0) is 13.0. The number of aryl methyl sites for hydroxylation is 1. The first-order valence-corrected chi connectivity index (χ1v) is 5.37. The molecular weight excluding hydrogens is 230 g/mol. The lowest BCUT2D eigenvalue weighted by Gasteiger charge is -1.99. The van der Waals surface area contributed by atoms with Crippen LogP contribution in [0.25, 0.3) is 0 Å². The Hall–Kier alpha value is -2.56. The zero-order valence-electron chi connectivity index (χ0n) is 9.78. The number of pyridine rings is 1. The van der Waals surface area contributed by atoms with Crippen LogP contribution in [0, 0.1) is 17.0 Å². The Balaban J connectivity index is 2.25. The Morgan fingerprint density at radius 1 is 1.33 bits per heavy atom. The van der Waals surface area contributed by atoms with Gasteiger partial charge in [0.1, 0.15) is 0 Å². The van der Waals surface area contributed by atoms with Crippen molar-refractivity contribution in [3.05, 3.63) is 64.0 Å². The minimum absolute atomic E-state index is 0.0734. The molecule has 1 aromatic heterocycles. The summed E-state index contributed by atoms with van der Waals surface area (Å²) in [7, 11) is 0. The maximum Gasteiger partial charge on any atom is 0.269 e. The predicted molar refractivity (Wildman–Crippen MR) is 69.3 cm³/mol. The monoisotopic (exact) mass is 241 g/mol. The van der Waals surface area contributed by atoms with Gasteiger partial charge in [0.2, 0.25) is 0 Å². The summed E-state index contributed by atoms with van der Waals surface area (Å²) in [6.45, 7) is 1.79. The Bertz CT molecular complexity index is 594. The highest BCUT2D eigenvalue weighted by atomic mass is 16.6. The molecule has 0 saturated heterocycles. The van der Waals surface area contributed by atoms with Crippen molar-refractivity contribution in [3.8, 4) is 0 Å². The van der Waals surface area contributed by atoms with Crippen LogP contribution in [0.4, 0.5) is 11.4 Å². The van der Waals surface area contributed by atoms with Crippen LogP contribution in [-0.2, 0) is 0 Å². The molecule has 0 unspecified atom stereocenters. The van der Waals surface area contributed by atoms with Crippen LogP contribution < -0.4 is 0 Å². The van der Waals surface area contributed by atoms with Gasteiger partial charge in [-0.2, -0.15) is 0 Å². The van der Waals surface area contributed by atoms with Gasteiger partial charge in [-0.25, -0.2) is 0 Å². The third-order valence-corrected chi connectivity index (χ3v) is 2.41. The first-order chi connectivity index (χ1) is 8.66. The Morgan fingerprint density at radius 2 is 2.17 bits per heavy atom. The fourth-order valence-corrected chi connectivity index (χ4v) is 1.49. The SMILES string of the molecule is Cc1cc([N+](=O)[O-])ccc1N=Cc1ccccn1. The smallest absolute Gasteiger partial charge is 0.258 e. The van der Waals surface area contributed by atoms with Crippen LogP contribution in [0.2, 0.25) is 0 Å². The molecule has 0 spiro atoms. The van der Waals surface area contributed by atoms with Crippen LogP contribution in [0.1, 0.15) is 11.3 Å². The topological polar surface area (TPSA) is 68.4 Å². The van der Waals surface area contributed by atoms with E-state index in [1.165, 1.54) is 12.1 Å². The normalized spacial score (nSPS) is 10.7. The van der Waals surface area contributed by atoms with Gasteiger partial charge in [0.05, 0.1) is 22.5 Å². The van der Waals surface area contributed by atoms with Gasteiger partial charge in [-0.15, -0.1) is 0 Å². The minimum atomic E-state index is -0.417. The van der Waals surface area contributed by atoms with E-state index < -0.39 is 4.92 Å². The van der Waals surface area contributed by atoms with E-state index in [4.69, 9.17) is 0 Å². The number of nitrogens with zero attached hydrogens (tertiary/aromatic N) is 3. The van der Waals surface area contributed by atoms with Crippen LogP contribution in [-0.4, -0.2) is 16.1 Å². The molecule has 0 aliphatic carbocycles. The average molecular weight is 241 g/mol. The third kappa shape index (κ3) is 2.76. The summed E-state index contributed by atoms with van der Waals surface area (Å²) in [6, 6.07) is 10.1. The van der Waals surface area contributed by atoms with Crippen LogP contribution in [0.5, 0.6) is 0 Å². The van der Waals surface area contributed by atoms with Gasteiger partial charge in [0, 0.05) is 18.3 Å². The molecule has 90 valence electrons. The standard InChI is InChI=1S/C13H11N3O2/c1-10-8-12(16(17)18)5-6-13(10)15-9-11-4-2-3-7-14-11/h2-9H,1H3. The van der Waals surface area contributed by atoms with Crippen molar-refractivity contribution in [2.75, 3.05) is 0 Å². The van der Waals surface area contributed by atoms with Crippen molar-refractivity contribution >= 4 is 17.6 Å². The molecule has 1 aromatic carbocycles. The fourth-order valence-electron chi connectivity index (χ4n) is 1.49. The van der Waals surface area contributed by atoms with Crippen molar-refractivity contribution in [1.29, 1.82) is 0 Å². The Kier molecular flexibility index (Phi) is 3.43. The highest BCUT2D eigenvalue weighted by Gasteiger charge is 2.06. The molecule has 0 atom stereocenters. The van der Waals surface area contributed by atoms with E-state index in [2.05, 4.69) is 9.98 Å². The van der Waals surface area contributed by atoms with Gasteiger partial charge >= 0.3 is 0 Å².